The van der Waals surface area contributed by atoms with Gasteiger partial charge in [-0.25, -0.2) is 0 Å². The molecule has 0 aromatic heterocycles. The van der Waals surface area contributed by atoms with Gasteiger partial charge in [-0.2, -0.15) is 0 Å². The van der Waals surface area contributed by atoms with Gasteiger partial charge in [-0.15, -0.1) is 0 Å². The van der Waals surface area contributed by atoms with Gasteiger partial charge in [-0.05, 0) is 51.4 Å². The average molecular weight is 238 g/mol. The molecule has 1 rings (SSSR count). The van der Waals surface area contributed by atoms with Crippen molar-refractivity contribution in [2.24, 2.45) is 11.8 Å². The molecule has 98 valence electrons. The Labute approximate surface area is 105 Å². The standard InChI is InChI=1S/C15H26O2/c1-11(10-16)6-5-7-12(2)14-8-9-15(4,17)13(14)3/h6,13-14,16-17H,2,5,7-10H2,1,3-4H3/b11-6+/t13-,14-,15+/m0/s1. The number of aliphatic hydroxyl groups is 2. The highest BCUT2D eigenvalue weighted by atomic mass is 16.3. The number of hydrogen-bond acceptors (Lipinski definition) is 2. The van der Waals surface area contributed by atoms with Gasteiger partial charge in [0, 0.05) is 0 Å². The van der Waals surface area contributed by atoms with Gasteiger partial charge in [0.2, 0.25) is 0 Å². The largest absolute Gasteiger partial charge is 0.392 e. The van der Waals surface area contributed by atoms with Gasteiger partial charge >= 0.3 is 0 Å². The van der Waals surface area contributed by atoms with Gasteiger partial charge in [0.25, 0.3) is 0 Å². The van der Waals surface area contributed by atoms with E-state index in [-0.39, 0.29) is 6.61 Å². The van der Waals surface area contributed by atoms with Crippen molar-refractivity contribution in [3.8, 4) is 0 Å². The molecule has 17 heavy (non-hydrogen) atoms. The van der Waals surface area contributed by atoms with Crippen LogP contribution in [0.4, 0.5) is 0 Å². The van der Waals surface area contributed by atoms with Crippen molar-refractivity contribution < 1.29 is 10.2 Å². The lowest BCUT2D eigenvalue weighted by molar-refractivity contribution is 0.0214. The summed E-state index contributed by atoms with van der Waals surface area (Å²) in [4.78, 5) is 0. The smallest absolute Gasteiger partial charge is 0.0651 e. The van der Waals surface area contributed by atoms with Crippen LogP contribution in [-0.2, 0) is 0 Å². The van der Waals surface area contributed by atoms with E-state index >= 15 is 0 Å². The van der Waals surface area contributed by atoms with E-state index in [1.807, 2.05) is 13.8 Å². The van der Waals surface area contributed by atoms with Gasteiger partial charge < -0.3 is 10.2 Å². The van der Waals surface area contributed by atoms with E-state index in [2.05, 4.69) is 19.6 Å². The SMILES string of the molecule is C=C(CC/C=C(\C)CO)[C@@H]1CC[C@@](C)(O)[C@H]1C. The highest BCUT2D eigenvalue weighted by molar-refractivity contribution is 5.11. The summed E-state index contributed by atoms with van der Waals surface area (Å²) >= 11 is 0. The zero-order chi connectivity index (χ0) is 13.1. The van der Waals surface area contributed by atoms with Crippen molar-refractivity contribution in [2.75, 3.05) is 6.61 Å². The molecule has 0 radical (unpaired) electrons. The molecule has 1 aliphatic rings. The summed E-state index contributed by atoms with van der Waals surface area (Å²) in [5.74, 6) is 0.755. The van der Waals surface area contributed by atoms with Gasteiger partial charge in [0.1, 0.15) is 0 Å². The van der Waals surface area contributed by atoms with Crippen LogP contribution in [0.5, 0.6) is 0 Å². The lowest BCUT2D eigenvalue weighted by Gasteiger charge is -2.26. The van der Waals surface area contributed by atoms with Crippen LogP contribution in [0.2, 0.25) is 0 Å². The Morgan fingerprint density at radius 1 is 1.53 bits per heavy atom. The van der Waals surface area contributed by atoms with E-state index in [4.69, 9.17) is 5.11 Å². The Morgan fingerprint density at radius 2 is 2.18 bits per heavy atom. The maximum Gasteiger partial charge on any atom is 0.0651 e. The molecule has 1 fully saturated rings. The molecule has 0 saturated heterocycles. The predicted octanol–water partition coefficient (Wildman–Crippen LogP) is 3.06. The summed E-state index contributed by atoms with van der Waals surface area (Å²) in [6, 6.07) is 0. The average Bonchev–Trinajstić information content (AvgIpc) is 2.54. The second-order valence-corrected chi connectivity index (χ2v) is 5.70. The second-order valence-electron chi connectivity index (χ2n) is 5.70. The summed E-state index contributed by atoms with van der Waals surface area (Å²) in [7, 11) is 0. The Hall–Kier alpha value is -0.600. The van der Waals surface area contributed by atoms with Gasteiger partial charge in [0.15, 0.2) is 0 Å². The quantitative estimate of drug-likeness (QED) is 0.723. The summed E-state index contributed by atoms with van der Waals surface area (Å²) in [6.07, 6.45) is 5.90. The van der Waals surface area contributed by atoms with Crippen LogP contribution in [0.1, 0.15) is 46.5 Å². The fourth-order valence-corrected chi connectivity index (χ4v) is 2.67. The first-order chi connectivity index (χ1) is 7.88. The first kappa shape index (κ1) is 14.5. The van der Waals surface area contributed by atoms with Crippen LogP contribution in [0.25, 0.3) is 0 Å². The summed E-state index contributed by atoms with van der Waals surface area (Å²) in [6.45, 7) is 10.3. The molecular formula is C15H26O2. The maximum absolute atomic E-state index is 10.1. The van der Waals surface area contributed by atoms with Crippen molar-refractivity contribution in [1.29, 1.82) is 0 Å². The van der Waals surface area contributed by atoms with Gasteiger partial charge in [-0.3, -0.25) is 0 Å². The highest BCUT2D eigenvalue weighted by Crippen LogP contribution is 2.43. The zero-order valence-electron chi connectivity index (χ0n) is 11.4. The fourth-order valence-electron chi connectivity index (χ4n) is 2.67. The number of allylic oxidation sites excluding steroid dienone is 2. The van der Waals surface area contributed by atoms with Crippen molar-refractivity contribution in [1.82, 2.24) is 0 Å². The Bertz CT molecular complexity index is 302. The van der Waals surface area contributed by atoms with Crippen LogP contribution in [0, 0.1) is 11.8 Å². The molecule has 2 nitrogen and oxygen atoms in total. The Morgan fingerprint density at radius 3 is 2.65 bits per heavy atom. The minimum Gasteiger partial charge on any atom is -0.392 e. The number of hydrogen-bond donors (Lipinski definition) is 2. The van der Waals surface area contributed by atoms with E-state index < -0.39 is 5.60 Å². The second kappa shape index (κ2) is 5.83. The zero-order valence-corrected chi connectivity index (χ0v) is 11.4. The van der Waals surface area contributed by atoms with E-state index in [9.17, 15) is 5.11 Å². The predicted molar refractivity (Wildman–Crippen MR) is 71.7 cm³/mol. The van der Waals surface area contributed by atoms with Crippen LogP contribution in [0.3, 0.4) is 0 Å². The van der Waals surface area contributed by atoms with Gasteiger partial charge in [0.05, 0.1) is 12.2 Å². The van der Waals surface area contributed by atoms with Crippen molar-refractivity contribution >= 4 is 0 Å². The third-order valence-corrected chi connectivity index (χ3v) is 4.28. The van der Waals surface area contributed by atoms with Crippen LogP contribution in [-0.4, -0.2) is 22.4 Å². The molecule has 0 aliphatic heterocycles. The van der Waals surface area contributed by atoms with Crippen LogP contribution < -0.4 is 0 Å². The summed E-state index contributed by atoms with van der Waals surface area (Å²) in [5, 5.41) is 19.0. The maximum atomic E-state index is 10.1. The molecule has 1 aliphatic carbocycles. The van der Waals surface area contributed by atoms with Gasteiger partial charge in [-0.1, -0.05) is 30.7 Å². The summed E-state index contributed by atoms with van der Waals surface area (Å²) < 4.78 is 0. The minimum absolute atomic E-state index is 0.140. The highest BCUT2D eigenvalue weighted by Gasteiger charge is 2.41. The molecule has 0 amide bonds. The summed E-state index contributed by atoms with van der Waals surface area (Å²) in [5.41, 5.74) is 1.74. The van der Waals surface area contributed by atoms with Crippen LogP contribution in [0.15, 0.2) is 23.8 Å². The number of rotatable bonds is 5. The van der Waals surface area contributed by atoms with Crippen LogP contribution >= 0.6 is 0 Å². The molecule has 2 N–H and O–H groups in total. The van der Waals surface area contributed by atoms with E-state index in [1.54, 1.807) is 0 Å². The third-order valence-electron chi connectivity index (χ3n) is 4.28. The molecule has 0 unspecified atom stereocenters. The van der Waals surface area contributed by atoms with Crippen molar-refractivity contribution in [2.45, 2.75) is 52.1 Å². The van der Waals surface area contributed by atoms with Crippen molar-refractivity contribution in [3.05, 3.63) is 23.8 Å². The number of aliphatic hydroxyl groups excluding tert-OH is 1. The molecule has 1 saturated carbocycles. The fraction of sp³-hybridized carbons (Fsp3) is 0.733. The van der Waals surface area contributed by atoms with Crippen molar-refractivity contribution in [3.63, 3.8) is 0 Å². The molecule has 0 bridgehead atoms. The normalized spacial score (nSPS) is 34.1. The minimum atomic E-state index is -0.523. The van der Waals surface area contributed by atoms with E-state index in [0.29, 0.717) is 11.8 Å². The Balaban J connectivity index is 2.45. The lowest BCUT2D eigenvalue weighted by atomic mass is 9.83. The molecule has 0 aromatic rings. The molecule has 3 atom stereocenters. The van der Waals surface area contributed by atoms with E-state index in [1.165, 1.54) is 5.57 Å². The topological polar surface area (TPSA) is 40.5 Å². The first-order valence-electron chi connectivity index (χ1n) is 6.55. The lowest BCUT2D eigenvalue weighted by Crippen LogP contribution is -2.29. The molecule has 0 spiro atoms. The monoisotopic (exact) mass is 238 g/mol. The third kappa shape index (κ3) is 3.68. The first-order valence-corrected chi connectivity index (χ1v) is 6.55. The molecule has 2 heteroatoms. The molecule has 0 heterocycles. The Kier molecular flexibility index (Phi) is 4.96. The molecule has 0 aromatic carbocycles. The molecular weight excluding hydrogens is 212 g/mol. The van der Waals surface area contributed by atoms with E-state index in [0.717, 1.165) is 31.3 Å².